The SMILES string of the molecule is O=[S+]Cc1nccc(Cl)n1. The number of halogens is 1. The normalized spacial score (nSPS) is 9.30. The topological polar surface area (TPSA) is 42.9 Å². The molecule has 0 spiro atoms. The van der Waals surface area contributed by atoms with Gasteiger partial charge in [-0.3, -0.25) is 0 Å². The van der Waals surface area contributed by atoms with Gasteiger partial charge in [0.05, 0.1) is 0 Å². The van der Waals surface area contributed by atoms with Gasteiger partial charge in [0.2, 0.25) is 0 Å². The van der Waals surface area contributed by atoms with Gasteiger partial charge in [0, 0.05) is 10.4 Å². The molecule has 0 aliphatic rings. The average molecular weight is 176 g/mol. The maximum atomic E-state index is 10.0. The van der Waals surface area contributed by atoms with Crippen LogP contribution in [0.2, 0.25) is 5.15 Å². The maximum absolute atomic E-state index is 10.0. The van der Waals surface area contributed by atoms with Crippen molar-refractivity contribution in [3.63, 3.8) is 0 Å². The second kappa shape index (κ2) is 3.53. The molecule has 0 aliphatic carbocycles. The first kappa shape index (κ1) is 7.50. The molecular weight excluding hydrogens is 172 g/mol. The lowest BCUT2D eigenvalue weighted by atomic mass is 10.6. The van der Waals surface area contributed by atoms with E-state index in [4.69, 9.17) is 11.6 Å². The van der Waals surface area contributed by atoms with Crippen molar-refractivity contribution in [2.24, 2.45) is 0 Å². The highest BCUT2D eigenvalue weighted by Crippen LogP contribution is 2.01. The van der Waals surface area contributed by atoms with Gasteiger partial charge in [-0.2, -0.15) is 0 Å². The summed E-state index contributed by atoms with van der Waals surface area (Å²) >= 11 is 5.95. The maximum Gasteiger partial charge on any atom is 0.467 e. The Morgan fingerprint density at radius 2 is 2.50 bits per heavy atom. The Morgan fingerprint density at radius 3 is 3.10 bits per heavy atom. The second-order valence-electron chi connectivity index (χ2n) is 1.56. The molecular formula is C5H4ClN2OS+. The van der Waals surface area contributed by atoms with Crippen LogP contribution in [-0.4, -0.2) is 9.97 Å². The lowest BCUT2D eigenvalue weighted by Crippen LogP contribution is -1.91. The number of aromatic nitrogens is 2. The van der Waals surface area contributed by atoms with Crippen LogP contribution >= 0.6 is 11.6 Å². The Balaban J connectivity index is 2.84. The third kappa shape index (κ3) is 1.97. The van der Waals surface area contributed by atoms with Crippen molar-refractivity contribution in [2.45, 2.75) is 5.75 Å². The quantitative estimate of drug-likeness (QED) is 0.499. The summed E-state index contributed by atoms with van der Waals surface area (Å²) in [6, 6.07) is 1.57. The molecule has 0 radical (unpaired) electrons. The summed E-state index contributed by atoms with van der Waals surface area (Å²) in [5, 5.41) is 0.374. The summed E-state index contributed by atoms with van der Waals surface area (Å²) in [5.41, 5.74) is 0. The van der Waals surface area contributed by atoms with Crippen molar-refractivity contribution in [3.8, 4) is 0 Å². The van der Waals surface area contributed by atoms with Gasteiger partial charge in [-0.1, -0.05) is 11.6 Å². The van der Waals surface area contributed by atoms with Gasteiger partial charge in [-0.15, -0.1) is 0 Å². The molecule has 0 aliphatic heterocycles. The highest BCUT2D eigenvalue weighted by molar-refractivity contribution is 7.64. The molecule has 1 aromatic rings. The zero-order chi connectivity index (χ0) is 7.40. The smallest absolute Gasteiger partial charge is 0.236 e. The fourth-order valence-electron chi connectivity index (χ4n) is 0.496. The monoisotopic (exact) mass is 175 g/mol. The van der Waals surface area contributed by atoms with Gasteiger partial charge >= 0.3 is 11.7 Å². The fraction of sp³-hybridized carbons (Fsp3) is 0.200. The van der Waals surface area contributed by atoms with E-state index < -0.39 is 0 Å². The Kier molecular flexibility index (Phi) is 2.65. The van der Waals surface area contributed by atoms with E-state index in [9.17, 15) is 4.21 Å². The van der Waals surface area contributed by atoms with Crippen LogP contribution in [0.5, 0.6) is 0 Å². The summed E-state index contributed by atoms with van der Waals surface area (Å²) in [6.07, 6.45) is 1.53. The molecule has 1 aromatic heterocycles. The molecule has 0 bridgehead atoms. The summed E-state index contributed by atoms with van der Waals surface area (Å²) < 4.78 is 10.0. The number of hydrogen-bond acceptors (Lipinski definition) is 3. The lowest BCUT2D eigenvalue weighted by molar-refractivity contribution is 0.604. The van der Waals surface area contributed by atoms with Crippen LogP contribution in [0.25, 0.3) is 0 Å². The molecule has 0 fully saturated rings. The first-order valence-corrected chi connectivity index (χ1v) is 3.84. The Bertz CT molecular complexity index is 243. The molecule has 0 aromatic carbocycles. The van der Waals surface area contributed by atoms with Crippen LogP contribution in [0.3, 0.4) is 0 Å². The van der Waals surface area contributed by atoms with Crippen molar-refractivity contribution in [2.75, 3.05) is 0 Å². The molecule has 52 valence electrons. The third-order valence-electron chi connectivity index (χ3n) is 0.860. The third-order valence-corrected chi connectivity index (χ3v) is 1.45. The summed E-state index contributed by atoms with van der Waals surface area (Å²) in [7, 11) is 0. The van der Waals surface area contributed by atoms with E-state index in [1.807, 2.05) is 0 Å². The Morgan fingerprint density at radius 1 is 1.70 bits per heavy atom. The average Bonchev–Trinajstić information content (AvgIpc) is 1.88. The summed E-state index contributed by atoms with van der Waals surface area (Å²) in [4.78, 5) is 7.61. The van der Waals surface area contributed by atoms with Gasteiger partial charge in [-0.05, 0) is 6.07 Å². The molecule has 0 saturated carbocycles. The van der Waals surface area contributed by atoms with E-state index in [1.165, 1.54) is 6.20 Å². The highest BCUT2D eigenvalue weighted by Gasteiger charge is 2.04. The van der Waals surface area contributed by atoms with Gasteiger partial charge < -0.3 is 0 Å². The van der Waals surface area contributed by atoms with Gasteiger partial charge in [0.15, 0.2) is 5.82 Å². The predicted molar refractivity (Wildman–Crippen MR) is 38.8 cm³/mol. The van der Waals surface area contributed by atoms with Crippen LogP contribution in [-0.2, 0) is 21.6 Å². The van der Waals surface area contributed by atoms with Crippen LogP contribution in [0, 0.1) is 0 Å². The molecule has 0 amide bonds. The summed E-state index contributed by atoms with van der Waals surface area (Å²) in [5.74, 6) is 0.744. The highest BCUT2D eigenvalue weighted by atomic mass is 35.5. The Labute approximate surface area is 66.9 Å². The fourth-order valence-corrected chi connectivity index (χ4v) is 0.895. The van der Waals surface area contributed by atoms with Gasteiger partial charge in [0.1, 0.15) is 5.15 Å². The van der Waals surface area contributed by atoms with E-state index in [-0.39, 0.29) is 5.75 Å². The summed E-state index contributed by atoms with van der Waals surface area (Å²) in [6.45, 7) is 0. The van der Waals surface area contributed by atoms with Crippen molar-refractivity contribution >= 4 is 23.3 Å². The van der Waals surface area contributed by atoms with E-state index in [0.717, 1.165) is 0 Å². The second-order valence-corrected chi connectivity index (χ2v) is 2.47. The Hall–Kier alpha value is -0.610. The largest absolute Gasteiger partial charge is 0.467 e. The van der Waals surface area contributed by atoms with E-state index >= 15 is 0 Å². The van der Waals surface area contributed by atoms with Crippen LogP contribution in [0.1, 0.15) is 5.82 Å². The molecule has 5 heteroatoms. The molecule has 3 nitrogen and oxygen atoms in total. The molecule has 1 rings (SSSR count). The zero-order valence-corrected chi connectivity index (χ0v) is 6.52. The van der Waals surface area contributed by atoms with E-state index in [0.29, 0.717) is 22.6 Å². The van der Waals surface area contributed by atoms with E-state index in [2.05, 4.69) is 9.97 Å². The zero-order valence-electron chi connectivity index (χ0n) is 4.95. The minimum absolute atomic E-state index is 0.264. The van der Waals surface area contributed by atoms with Crippen molar-refractivity contribution < 1.29 is 4.21 Å². The van der Waals surface area contributed by atoms with Crippen molar-refractivity contribution in [1.29, 1.82) is 0 Å². The molecule has 0 atom stereocenters. The minimum Gasteiger partial charge on any atom is -0.236 e. The van der Waals surface area contributed by atoms with Gasteiger partial charge in [0.25, 0.3) is 5.75 Å². The molecule has 10 heavy (non-hydrogen) atoms. The molecule has 0 N–H and O–H groups in total. The first-order chi connectivity index (χ1) is 4.83. The molecule has 1 heterocycles. The van der Waals surface area contributed by atoms with Crippen LogP contribution < -0.4 is 0 Å². The van der Waals surface area contributed by atoms with Crippen LogP contribution in [0.4, 0.5) is 0 Å². The standard InChI is InChI=1S/C5H4ClN2OS/c6-4-1-2-7-5(8-4)3-10-9/h1-2H,3H2/q+1. The molecule has 0 unspecified atom stereocenters. The van der Waals surface area contributed by atoms with Crippen LogP contribution in [0.15, 0.2) is 12.3 Å². The van der Waals surface area contributed by atoms with Crippen molar-refractivity contribution in [3.05, 3.63) is 23.2 Å². The molecule has 0 saturated heterocycles. The minimum atomic E-state index is 0.264. The number of nitrogens with zero attached hydrogens (tertiary/aromatic N) is 2. The van der Waals surface area contributed by atoms with E-state index in [1.54, 1.807) is 6.07 Å². The predicted octanol–water partition coefficient (Wildman–Crippen LogP) is 1.06. The number of hydrogen-bond donors (Lipinski definition) is 0. The lowest BCUT2D eigenvalue weighted by Gasteiger charge is -1.86. The number of rotatable bonds is 2. The van der Waals surface area contributed by atoms with Gasteiger partial charge in [-0.25, -0.2) is 9.97 Å². The first-order valence-electron chi connectivity index (χ1n) is 2.55. The van der Waals surface area contributed by atoms with Crippen molar-refractivity contribution in [1.82, 2.24) is 9.97 Å².